The summed E-state index contributed by atoms with van der Waals surface area (Å²) in [5.41, 5.74) is 2.02. The first kappa shape index (κ1) is 15.2. The molecule has 22 heavy (non-hydrogen) atoms. The molecule has 1 saturated heterocycles. The fraction of sp³-hybridized carbons (Fsp3) is 0.375. The number of benzene rings is 1. The zero-order valence-corrected chi connectivity index (χ0v) is 13.7. The fourth-order valence-electron chi connectivity index (χ4n) is 2.87. The fourth-order valence-corrected chi connectivity index (χ4v) is 3.14. The topological polar surface area (TPSA) is 69.2 Å². The molecule has 1 aromatic heterocycles. The van der Waals surface area contributed by atoms with Crippen molar-refractivity contribution < 1.29 is 9.90 Å². The molecule has 3 rings (SSSR count). The van der Waals surface area contributed by atoms with Crippen molar-refractivity contribution in [1.29, 1.82) is 0 Å². The number of likely N-dealkylation sites (tertiary alicyclic amines) is 1. The number of nitrogens with zero attached hydrogens (tertiary/aromatic N) is 2. The van der Waals surface area contributed by atoms with E-state index in [0.29, 0.717) is 6.54 Å². The maximum absolute atomic E-state index is 11.3. The molecule has 1 aromatic carbocycles. The number of aromatic nitrogens is 2. The summed E-state index contributed by atoms with van der Waals surface area (Å²) in [4.78, 5) is 21.0. The lowest BCUT2D eigenvalue weighted by Gasteiger charge is -2.32. The monoisotopic (exact) mass is 363 g/mol. The number of carboxylic acids is 1. The quantitative estimate of drug-likeness (QED) is 0.874. The maximum Gasteiger partial charge on any atom is 0.320 e. The first-order valence-electron chi connectivity index (χ1n) is 7.40. The Bertz CT molecular complexity index is 654. The van der Waals surface area contributed by atoms with Gasteiger partial charge >= 0.3 is 5.97 Å². The van der Waals surface area contributed by atoms with Crippen LogP contribution in [-0.2, 0) is 11.3 Å². The van der Waals surface area contributed by atoms with Crippen LogP contribution in [0.4, 0.5) is 0 Å². The van der Waals surface area contributed by atoms with Gasteiger partial charge in [-0.1, -0.05) is 34.5 Å². The predicted molar refractivity (Wildman–Crippen MR) is 87.4 cm³/mol. The second-order valence-electron chi connectivity index (χ2n) is 5.57. The van der Waals surface area contributed by atoms with Crippen molar-refractivity contribution in [2.75, 3.05) is 6.54 Å². The van der Waals surface area contributed by atoms with Crippen LogP contribution < -0.4 is 0 Å². The zero-order chi connectivity index (χ0) is 15.5. The molecule has 0 radical (unpaired) electrons. The number of carboxylic acid groups (broad SMARTS) is 1. The van der Waals surface area contributed by atoms with Gasteiger partial charge in [-0.2, -0.15) is 0 Å². The normalized spacial score (nSPS) is 19.2. The Kier molecular flexibility index (Phi) is 4.59. The van der Waals surface area contributed by atoms with Crippen molar-refractivity contribution in [3.05, 3.63) is 40.8 Å². The van der Waals surface area contributed by atoms with Crippen LogP contribution in [0.15, 0.2) is 34.9 Å². The summed E-state index contributed by atoms with van der Waals surface area (Å²) >= 11 is 3.42. The van der Waals surface area contributed by atoms with Gasteiger partial charge in [0.05, 0.1) is 18.4 Å². The molecule has 1 unspecified atom stereocenters. The van der Waals surface area contributed by atoms with Gasteiger partial charge in [-0.25, -0.2) is 4.98 Å². The van der Waals surface area contributed by atoms with Crippen molar-refractivity contribution in [3.63, 3.8) is 0 Å². The predicted octanol–water partition coefficient (Wildman–Crippen LogP) is 3.28. The molecule has 1 aliphatic heterocycles. The minimum atomic E-state index is -0.737. The van der Waals surface area contributed by atoms with E-state index in [9.17, 15) is 9.90 Å². The van der Waals surface area contributed by atoms with Crippen LogP contribution in [0.3, 0.4) is 0 Å². The summed E-state index contributed by atoms with van der Waals surface area (Å²) in [6.07, 6.45) is 4.55. The van der Waals surface area contributed by atoms with Gasteiger partial charge in [0.25, 0.3) is 0 Å². The standard InChI is InChI=1S/C16H18BrN3O2/c17-12-6-4-11(5-7-12)13-9-18-15(19-13)10-20-8-2-1-3-14(20)16(21)22/h4-7,9,14H,1-3,8,10H2,(H,18,19)(H,21,22). The number of rotatable bonds is 4. The number of halogens is 1. The molecule has 116 valence electrons. The molecule has 5 nitrogen and oxygen atoms in total. The average molecular weight is 364 g/mol. The molecule has 0 amide bonds. The smallest absolute Gasteiger partial charge is 0.320 e. The van der Waals surface area contributed by atoms with Crippen LogP contribution in [0.5, 0.6) is 0 Å². The van der Waals surface area contributed by atoms with Gasteiger partial charge in [-0.05, 0) is 37.1 Å². The molecular weight excluding hydrogens is 346 g/mol. The van der Waals surface area contributed by atoms with E-state index in [4.69, 9.17) is 0 Å². The average Bonchev–Trinajstić information content (AvgIpc) is 2.97. The van der Waals surface area contributed by atoms with Crippen molar-refractivity contribution in [2.24, 2.45) is 0 Å². The Hall–Kier alpha value is -1.66. The van der Waals surface area contributed by atoms with Crippen LogP contribution in [0.2, 0.25) is 0 Å². The Morgan fingerprint density at radius 3 is 2.86 bits per heavy atom. The first-order valence-corrected chi connectivity index (χ1v) is 8.19. The second kappa shape index (κ2) is 6.62. The SMILES string of the molecule is O=C(O)C1CCCCN1Cc1ncc(-c2ccc(Br)cc2)[nH]1. The van der Waals surface area contributed by atoms with Crippen molar-refractivity contribution in [1.82, 2.24) is 14.9 Å². The van der Waals surface area contributed by atoms with Crippen LogP contribution in [0.1, 0.15) is 25.1 Å². The molecule has 0 saturated carbocycles. The number of H-pyrrole nitrogens is 1. The highest BCUT2D eigenvalue weighted by molar-refractivity contribution is 9.10. The number of imidazole rings is 1. The third kappa shape index (κ3) is 3.39. The molecule has 2 N–H and O–H groups in total. The molecular formula is C16H18BrN3O2. The van der Waals surface area contributed by atoms with E-state index < -0.39 is 12.0 Å². The van der Waals surface area contributed by atoms with E-state index in [1.807, 2.05) is 29.2 Å². The highest BCUT2D eigenvalue weighted by Gasteiger charge is 2.28. The molecule has 1 fully saturated rings. The Balaban J connectivity index is 1.73. The van der Waals surface area contributed by atoms with E-state index >= 15 is 0 Å². The Labute approximate surface area is 137 Å². The third-order valence-corrected chi connectivity index (χ3v) is 4.56. The number of hydrogen-bond donors (Lipinski definition) is 2. The summed E-state index contributed by atoms with van der Waals surface area (Å²) in [5.74, 6) is 0.0745. The number of aliphatic carboxylic acids is 1. The number of piperidine rings is 1. The first-order chi connectivity index (χ1) is 10.6. The molecule has 2 heterocycles. The highest BCUT2D eigenvalue weighted by Crippen LogP contribution is 2.22. The molecule has 2 aromatic rings. The number of nitrogens with one attached hydrogen (secondary N) is 1. The summed E-state index contributed by atoms with van der Waals surface area (Å²) in [6, 6.07) is 7.61. The molecule has 1 atom stereocenters. The lowest BCUT2D eigenvalue weighted by atomic mass is 10.0. The van der Waals surface area contributed by atoms with Gasteiger partial charge < -0.3 is 10.1 Å². The lowest BCUT2D eigenvalue weighted by Crippen LogP contribution is -2.44. The van der Waals surface area contributed by atoms with Gasteiger partial charge in [0.15, 0.2) is 0 Å². The van der Waals surface area contributed by atoms with Crippen molar-refractivity contribution in [3.8, 4) is 11.3 Å². The second-order valence-corrected chi connectivity index (χ2v) is 6.49. The number of hydrogen-bond acceptors (Lipinski definition) is 3. The molecule has 0 bridgehead atoms. The van der Waals surface area contributed by atoms with Crippen molar-refractivity contribution in [2.45, 2.75) is 31.8 Å². The summed E-state index contributed by atoms with van der Waals surface area (Å²) < 4.78 is 1.04. The van der Waals surface area contributed by atoms with Crippen LogP contribution in [0.25, 0.3) is 11.3 Å². The van der Waals surface area contributed by atoms with Gasteiger partial charge in [-0.15, -0.1) is 0 Å². The minimum Gasteiger partial charge on any atom is -0.480 e. The Morgan fingerprint density at radius 1 is 1.36 bits per heavy atom. The summed E-state index contributed by atoms with van der Waals surface area (Å²) in [7, 11) is 0. The molecule has 0 aliphatic carbocycles. The van der Waals surface area contributed by atoms with Gasteiger partial charge in [0.1, 0.15) is 11.9 Å². The van der Waals surface area contributed by atoms with E-state index in [1.54, 1.807) is 6.20 Å². The maximum atomic E-state index is 11.3. The molecule has 0 spiro atoms. The van der Waals surface area contributed by atoms with Crippen molar-refractivity contribution >= 4 is 21.9 Å². The highest BCUT2D eigenvalue weighted by atomic mass is 79.9. The van der Waals surface area contributed by atoms with E-state index in [2.05, 4.69) is 25.9 Å². The van der Waals surface area contributed by atoms with E-state index in [-0.39, 0.29) is 0 Å². The number of aromatic amines is 1. The van der Waals surface area contributed by atoms with Crippen LogP contribution in [-0.4, -0.2) is 38.5 Å². The van der Waals surface area contributed by atoms with Gasteiger partial charge in [0, 0.05) is 4.47 Å². The molecule has 1 aliphatic rings. The minimum absolute atomic E-state index is 0.394. The Morgan fingerprint density at radius 2 is 2.14 bits per heavy atom. The summed E-state index contributed by atoms with van der Waals surface area (Å²) in [5, 5.41) is 9.32. The third-order valence-electron chi connectivity index (χ3n) is 4.04. The van der Waals surface area contributed by atoms with Crippen LogP contribution >= 0.6 is 15.9 Å². The number of carbonyl (C=O) groups is 1. The largest absolute Gasteiger partial charge is 0.480 e. The summed E-state index contributed by atoms with van der Waals surface area (Å²) in [6.45, 7) is 1.36. The van der Waals surface area contributed by atoms with E-state index in [0.717, 1.165) is 47.4 Å². The zero-order valence-electron chi connectivity index (χ0n) is 12.1. The molecule has 6 heteroatoms. The van der Waals surface area contributed by atoms with E-state index in [1.165, 1.54) is 0 Å². The lowest BCUT2D eigenvalue weighted by molar-refractivity contribution is -0.144. The van der Waals surface area contributed by atoms with Crippen LogP contribution in [0, 0.1) is 0 Å². The van der Waals surface area contributed by atoms with Gasteiger partial charge in [0.2, 0.25) is 0 Å². The van der Waals surface area contributed by atoms with Gasteiger partial charge in [-0.3, -0.25) is 9.69 Å².